The van der Waals surface area contributed by atoms with E-state index < -0.39 is 11.0 Å². The molecule has 1 aliphatic heterocycles. The zero-order chi connectivity index (χ0) is 23.6. The van der Waals surface area contributed by atoms with Gasteiger partial charge in [0, 0.05) is 39.1 Å². The third-order valence-electron chi connectivity index (χ3n) is 5.98. The van der Waals surface area contributed by atoms with Gasteiger partial charge in [-0.05, 0) is 51.5 Å². The molecule has 8 heteroatoms. The van der Waals surface area contributed by atoms with Gasteiger partial charge in [0.1, 0.15) is 11.8 Å². The van der Waals surface area contributed by atoms with Crippen molar-refractivity contribution < 1.29 is 8.57 Å². The second-order valence-corrected chi connectivity index (χ2v) is 11.1. The van der Waals surface area contributed by atoms with Crippen LogP contribution in [0, 0.1) is 34.0 Å². The Morgan fingerprint density at radius 3 is 2.41 bits per heavy atom. The van der Waals surface area contributed by atoms with Gasteiger partial charge in [-0.1, -0.05) is 26.7 Å². The van der Waals surface area contributed by atoms with Gasteiger partial charge in [0.25, 0.3) is 0 Å². The van der Waals surface area contributed by atoms with Crippen molar-refractivity contribution in [3.8, 4) is 12.1 Å². The van der Waals surface area contributed by atoms with E-state index in [-0.39, 0.29) is 18.5 Å². The third-order valence-corrected chi connectivity index (χ3v) is 6.87. The number of nitrogens with one attached hydrogen (secondary N) is 1. The van der Waals surface area contributed by atoms with Crippen LogP contribution >= 0.6 is 12.2 Å². The molecule has 1 N–H and O–H groups in total. The lowest BCUT2D eigenvalue weighted by Gasteiger charge is -2.33. The first-order valence-corrected chi connectivity index (χ1v) is 12.6. The lowest BCUT2D eigenvalue weighted by molar-refractivity contribution is 0.147. The number of hydrogen-bond donors (Lipinski definition) is 1. The second-order valence-electron chi connectivity index (χ2n) is 10.2. The van der Waals surface area contributed by atoms with E-state index in [1.54, 1.807) is 19.9 Å². The van der Waals surface area contributed by atoms with E-state index >= 15 is 0 Å². The van der Waals surface area contributed by atoms with Crippen molar-refractivity contribution in [1.29, 1.82) is 10.5 Å². The van der Waals surface area contributed by atoms with Crippen LogP contribution in [0.5, 0.6) is 0 Å². The van der Waals surface area contributed by atoms with Gasteiger partial charge in [0.05, 0.1) is 35.6 Å². The first kappa shape index (κ1) is 27.1. The summed E-state index contributed by atoms with van der Waals surface area (Å²) in [6, 6.07) is 4.54. The quantitative estimate of drug-likeness (QED) is 0.164. The number of allylic oxidation sites excluding steroid dienone is 1. The second kappa shape index (κ2) is 12.9. The Morgan fingerprint density at radius 2 is 1.84 bits per heavy atom. The van der Waals surface area contributed by atoms with E-state index in [4.69, 9.17) is 9.44 Å². The fourth-order valence-electron chi connectivity index (χ4n) is 3.61. The molecule has 1 saturated carbocycles. The van der Waals surface area contributed by atoms with Gasteiger partial charge in [-0.15, -0.1) is 0 Å². The van der Waals surface area contributed by atoms with Gasteiger partial charge in [-0.25, -0.2) is 8.70 Å². The molecular formula is C24H40FN5OS. The van der Waals surface area contributed by atoms with Crippen LogP contribution in [-0.2, 0) is 4.18 Å². The summed E-state index contributed by atoms with van der Waals surface area (Å²) in [4.78, 5) is 2.21. The lowest BCUT2D eigenvalue weighted by Crippen LogP contribution is -2.45. The number of nitrogens with zero attached hydrogens (tertiary/aromatic N) is 4. The first-order chi connectivity index (χ1) is 15.2. The highest BCUT2D eigenvalue weighted by molar-refractivity contribution is 7.92. The minimum Gasteiger partial charge on any atom is -0.297 e. The fourth-order valence-corrected chi connectivity index (χ4v) is 4.29. The molecule has 0 spiro atoms. The molecule has 0 bridgehead atoms. The zero-order valence-electron chi connectivity index (χ0n) is 20.2. The minimum atomic E-state index is -0.669. The summed E-state index contributed by atoms with van der Waals surface area (Å²) in [5, 5.41) is 21.9. The summed E-state index contributed by atoms with van der Waals surface area (Å²) in [6.45, 7) is 11.9. The summed E-state index contributed by atoms with van der Waals surface area (Å²) in [5.41, 5.74) is -1.06. The number of rotatable bonds is 14. The number of nitriles is 2. The Balaban J connectivity index is 1.71. The van der Waals surface area contributed by atoms with Crippen molar-refractivity contribution in [2.75, 3.05) is 32.7 Å². The largest absolute Gasteiger partial charge is 0.297 e. The highest BCUT2D eigenvalue weighted by Gasteiger charge is 2.44. The maximum absolute atomic E-state index is 14.1. The highest BCUT2D eigenvalue weighted by atomic mass is 32.2. The normalized spacial score (nSPS) is 20.7. The maximum atomic E-state index is 14.1. The van der Waals surface area contributed by atoms with E-state index in [1.165, 1.54) is 25.1 Å². The molecule has 6 nitrogen and oxygen atoms in total. The van der Waals surface area contributed by atoms with Crippen molar-refractivity contribution in [1.82, 2.24) is 14.5 Å². The van der Waals surface area contributed by atoms with E-state index in [0.717, 1.165) is 51.9 Å². The molecule has 1 aliphatic carbocycles. The Labute approximate surface area is 198 Å². The monoisotopic (exact) mass is 465 g/mol. The average molecular weight is 466 g/mol. The van der Waals surface area contributed by atoms with Gasteiger partial charge in [-0.2, -0.15) is 10.5 Å². The molecule has 1 heterocycles. The molecule has 0 amide bonds. The molecule has 0 aromatic rings. The molecule has 1 saturated heterocycles. The predicted octanol–water partition coefficient (Wildman–Crippen LogP) is 5.17. The summed E-state index contributed by atoms with van der Waals surface area (Å²) in [6.07, 6.45) is 7.83. The maximum Gasteiger partial charge on any atom is 0.125 e. The molecule has 180 valence electrons. The number of piperazine rings is 1. The van der Waals surface area contributed by atoms with E-state index in [1.807, 2.05) is 0 Å². The van der Waals surface area contributed by atoms with Crippen LogP contribution in [0.1, 0.15) is 72.6 Å². The molecule has 0 radical (unpaired) electrons. The summed E-state index contributed by atoms with van der Waals surface area (Å²) in [7, 11) is 0. The van der Waals surface area contributed by atoms with Crippen LogP contribution in [0.3, 0.4) is 0 Å². The van der Waals surface area contributed by atoms with E-state index in [2.05, 4.69) is 40.5 Å². The Bertz CT molecular complexity index is 687. The summed E-state index contributed by atoms with van der Waals surface area (Å²) < 4.78 is 22.4. The smallest absolute Gasteiger partial charge is 0.125 e. The van der Waals surface area contributed by atoms with Crippen LogP contribution in [0.2, 0.25) is 0 Å². The van der Waals surface area contributed by atoms with Crippen LogP contribution in [0.4, 0.5) is 4.39 Å². The topological polar surface area (TPSA) is 75.3 Å². The van der Waals surface area contributed by atoms with Crippen LogP contribution in [0.25, 0.3) is 0 Å². The van der Waals surface area contributed by atoms with E-state index in [0.29, 0.717) is 12.5 Å². The van der Waals surface area contributed by atoms with Gasteiger partial charge in [0.15, 0.2) is 0 Å². The van der Waals surface area contributed by atoms with Gasteiger partial charge < -0.3 is 0 Å². The number of hydrogen-bond acceptors (Lipinski definition) is 7. The molecule has 2 fully saturated rings. The zero-order valence-corrected chi connectivity index (χ0v) is 21.0. The molecule has 0 aromatic carbocycles. The Morgan fingerprint density at radius 1 is 1.19 bits per heavy atom. The summed E-state index contributed by atoms with van der Waals surface area (Å²) in [5.74, 6) is 0.498. The molecular weight excluding hydrogens is 425 g/mol. The van der Waals surface area contributed by atoms with Crippen molar-refractivity contribution in [3.63, 3.8) is 0 Å². The van der Waals surface area contributed by atoms with Gasteiger partial charge in [0.2, 0.25) is 0 Å². The average Bonchev–Trinajstić information content (AvgIpc) is 3.53. The lowest BCUT2D eigenvalue weighted by atomic mass is 9.91. The standard InChI is InChI=1S/C24H40FN5OS/c1-20(2)7-5-6-8-22(28-24(19-27)10-11-24)31-32-30-15-13-29(14-16-30)12-9-21(25)17-23(3,4)18-26/h9,20,22,28H,5-8,10-17H2,1-4H3/b21-9+. The molecule has 1 unspecified atom stereocenters. The first-order valence-electron chi connectivity index (χ1n) is 11.9. The third kappa shape index (κ3) is 10.2. The number of unbranched alkanes of at least 4 members (excludes halogenated alkanes) is 1. The van der Waals surface area contributed by atoms with E-state index in [9.17, 15) is 9.65 Å². The molecule has 0 aromatic heterocycles. The fraction of sp³-hybridized carbons (Fsp3) is 0.833. The molecule has 32 heavy (non-hydrogen) atoms. The highest BCUT2D eigenvalue weighted by Crippen LogP contribution is 2.36. The minimum absolute atomic E-state index is 0.118. The SMILES string of the molecule is CC(C)CCCCC(NC1(C#N)CC1)OSN1CCN(C/C=C(/F)CC(C)(C)C#N)CC1. The summed E-state index contributed by atoms with van der Waals surface area (Å²) >= 11 is 1.40. The van der Waals surface area contributed by atoms with Crippen molar-refractivity contribution in [2.45, 2.75) is 84.4 Å². The molecule has 2 rings (SSSR count). The van der Waals surface area contributed by atoms with Crippen molar-refractivity contribution in [3.05, 3.63) is 11.9 Å². The van der Waals surface area contributed by atoms with Crippen molar-refractivity contribution in [2.24, 2.45) is 11.3 Å². The van der Waals surface area contributed by atoms with Crippen LogP contribution < -0.4 is 5.32 Å². The van der Waals surface area contributed by atoms with Gasteiger partial charge >= 0.3 is 0 Å². The predicted molar refractivity (Wildman–Crippen MR) is 128 cm³/mol. The molecule has 1 atom stereocenters. The number of halogens is 1. The molecule has 2 aliphatic rings. The Hall–Kier alpha value is -1.16. The van der Waals surface area contributed by atoms with Gasteiger partial charge in [-0.3, -0.25) is 14.4 Å². The van der Waals surface area contributed by atoms with Crippen LogP contribution in [0.15, 0.2) is 11.9 Å². The van der Waals surface area contributed by atoms with Crippen molar-refractivity contribution >= 4 is 12.2 Å². The Kier molecular flexibility index (Phi) is 10.9. The van der Waals surface area contributed by atoms with Crippen LogP contribution in [-0.4, -0.2) is 53.7 Å².